The second kappa shape index (κ2) is 8.88. The van der Waals surface area contributed by atoms with E-state index in [0.717, 1.165) is 60.9 Å². The van der Waals surface area contributed by atoms with E-state index >= 15 is 0 Å². The Morgan fingerprint density at radius 1 is 1.18 bits per heavy atom. The van der Waals surface area contributed by atoms with E-state index < -0.39 is 11.7 Å². The van der Waals surface area contributed by atoms with Crippen LogP contribution in [0.25, 0.3) is 11.4 Å². The topological polar surface area (TPSA) is 66.8 Å². The Balaban J connectivity index is 1.09. The second-order valence-electron chi connectivity index (χ2n) is 9.27. The Hall–Kier alpha value is -2.59. The third-order valence-corrected chi connectivity index (χ3v) is 8.13. The third-order valence-electron chi connectivity index (χ3n) is 7.02. The lowest BCUT2D eigenvalue weighted by molar-refractivity contribution is -0.137. The van der Waals surface area contributed by atoms with Gasteiger partial charge in [-0.1, -0.05) is 23.9 Å². The largest absolute Gasteiger partial charge is 0.416 e. The number of hydrogen-bond acceptors (Lipinski definition) is 5. The first-order valence-electron chi connectivity index (χ1n) is 11.4. The molecule has 3 aromatic rings. The molecular formula is C24H26F3N5OS. The molecule has 0 amide bonds. The van der Waals surface area contributed by atoms with Crippen LogP contribution in [0.5, 0.6) is 0 Å². The van der Waals surface area contributed by atoms with Crippen molar-refractivity contribution in [2.24, 2.45) is 12.5 Å². The number of hydrogen-bond donors (Lipinski definition) is 1. The van der Waals surface area contributed by atoms with Crippen molar-refractivity contribution in [3.63, 3.8) is 0 Å². The normalized spacial score (nSPS) is 22.5. The van der Waals surface area contributed by atoms with E-state index in [-0.39, 0.29) is 11.0 Å². The lowest BCUT2D eigenvalue weighted by Crippen LogP contribution is -2.23. The van der Waals surface area contributed by atoms with Crippen LogP contribution in [0.2, 0.25) is 0 Å². The van der Waals surface area contributed by atoms with Crippen LogP contribution < -0.4 is 5.56 Å². The monoisotopic (exact) mass is 489 g/mol. The number of halogens is 3. The number of aromatic amines is 1. The zero-order valence-corrected chi connectivity index (χ0v) is 19.6. The fraction of sp³-hybridized carbons (Fsp3) is 0.458. The van der Waals surface area contributed by atoms with Crippen LogP contribution in [0.15, 0.2) is 52.5 Å². The number of benzene rings is 1. The minimum atomic E-state index is -4.28. The average molecular weight is 490 g/mol. The number of H-pyrrole nitrogens is 1. The Morgan fingerprint density at radius 2 is 1.97 bits per heavy atom. The summed E-state index contributed by atoms with van der Waals surface area (Å²) in [7, 11) is 1.92. The molecule has 2 aliphatic rings. The average Bonchev–Trinajstić information content (AvgIpc) is 3.16. The smallest absolute Gasteiger partial charge is 0.328 e. The molecule has 1 saturated carbocycles. The number of rotatable bonds is 7. The highest BCUT2D eigenvalue weighted by Gasteiger charge is 2.57. The molecule has 1 saturated heterocycles. The van der Waals surface area contributed by atoms with Crippen molar-refractivity contribution in [1.29, 1.82) is 0 Å². The molecule has 34 heavy (non-hydrogen) atoms. The van der Waals surface area contributed by atoms with Crippen molar-refractivity contribution in [2.45, 2.75) is 36.5 Å². The van der Waals surface area contributed by atoms with E-state index in [0.29, 0.717) is 11.7 Å². The Bertz CT molecular complexity index is 1200. The van der Waals surface area contributed by atoms with Crippen LogP contribution in [0, 0.1) is 5.41 Å². The fourth-order valence-corrected chi connectivity index (χ4v) is 5.88. The van der Waals surface area contributed by atoms with Gasteiger partial charge in [-0.05, 0) is 67.4 Å². The van der Waals surface area contributed by atoms with Crippen molar-refractivity contribution in [2.75, 3.05) is 25.4 Å². The summed E-state index contributed by atoms with van der Waals surface area (Å²) in [6, 6.07) is 8.94. The lowest BCUT2D eigenvalue weighted by atomic mass is 9.97. The maximum atomic E-state index is 12.8. The second-order valence-corrected chi connectivity index (χ2v) is 10.3. The van der Waals surface area contributed by atoms with Crippen LogP contribution in [0.3, 0.4) is 0 Å². The van der Waals surface area contributed by atoms with Crippen molar-refractivity contribution >= 4 is 11.8 Å². The number of pyridine rings is 1. The van der Waals surface area contributed by atoms with Crippen LogP contribution in [-0.4, -0.2) is 50.0 Å². The Morgan fingerprint density at radius 3 is 2.68 bits per heavy atom. The van der Waals surface area contributed by atoms with E-state index in [1.807, 2.05) is 11.6 Å². The molecule has 2 atom stereocenters. The minimum Gasteiger partial charge on any atom is -0.328 e. The number of aromatic nitrogens is 4. The quantitative estimate of drug-likeness (QED) is 0.390. The van der Waals surface area contributed by atoms with Gasteiger partial charge in [-0.15, -0.1) is 10.2 Å². The number of nitrogens with one attached hydrogen (secondary N) is 1. The van der Waals surface area contributed by atoms with Crippen molar-refractivity contribution in [3.8, 4) is 11.4 Å². The van der Waals surface area contributed by atoms with Crippen LogP contribution in [0.4, 0.5) is 13.2 Å². The first kappa shape index (κ1) is 23.2. The highest BCUT2D eigenvalue weighted by atomic mass is 32.2. The maximum absolute atomic E-state index is 12.8. The van der Waals surface area contributed by atoms with Crippen molar-refractivity contribution < 1.29 is 13.2 Å². The van der Waals surface area contributed by atoms with Gasteiger partial charge in [-0.3, -0.25) is 4.79 Å². The predicted molar refractivity (Wildman–Crippen MR) is 125 cm³/mol. The van der Waals surface area contributed by atoms with Gasteiger partial charge in [0.25, 0.3) is 0 Å². The summed E-state index contributed by atoms with van der Waals surface area (Å²) in [4.78, 5) is 16.4. The molecule has 1 spiro atoms. The lowest BCUT2D eigenvalue weighted by Gasteiger charge is -2.16. The highest BCUT2D eigenvalue weighted by molar-refractivity contribution is 7.99. The number of likely N-dealkylation sites (tertiary alicyclic amines) is 1. The summed E-state index contributed by atoms with van der Waals surface area (Å²) in [5, 5.41) is 9.37. The molecule has 3 heterocycles. The van der Waals surface area contributed by atoms with E-state index in [4.69, 9.17) is 0 Å². The number of thioether (sulfide) groups is 1. The molecular weight excluding hydrogens is 463 g/mol. The zero-order valence-electron chi connectivity index (χ0n) is 18.8. The van der Waals surface area contributed by atoms with E-state index in [1.54, 1.807) is 36.2 Å². The standard InChI is InChI=1S/C24H26F3N5OS/c1-31-21(17-5-8-20(33)28-14-17)29-30-22(31)34-12-2-10-32-11-9-23(15-32)13-19(23)16-3-6-18(7-4-16)24(25,26)27/h3-8,14,19H,2,9-13,15H2,1H3,(H,28,33)/t19-,23-/m1/s1. The van der Waals surface area contributed by atoms with Crippen LogP contribution in [0.1, 0.15) is 36.3 Å². The molecule has 0 radical (unpaired) electrons. The molecule has 5 rings (SSSR count). The van der Waals surface area contributed by atoms with Gasteiger partial charge in [0.15, 0.2) is 11.0 Å². The van der Waals surface area contributed by atoms with Gasteiger partial charge in [0.2, 0.25) is 5.56 Å². The molecule has 0 bridgehead atoms. The van der Waals surface area contributed by atoms with Gasteiger partial charge in [0.1, 0.15) is 0 Å². The molecule has 1 aromatic carbocycles. The Kier molecular flexibility index (Phi) is 6.05. The van der Waals surface area contributed by atoms with Gasteiger partial charge in [0, 0.05) is 37.2 Å². The molecule has 2 aromatic heterocycles. The van der Waals surface area contributed by atoms with Gasteiger partial charge in [0.05, 0.1) is 5.56 Å². The van der Waals surface area contributed by atoms with Crippen molar-refractivity contribution in [1.82, 2.24) is 24.6 Å². The molecule has 180 valence electrons. The van der Waals surface area contributed by atoms with Gasteiger partial charge < -0.3 is 14.5 Å². The van der Waals surface area contributed by atoms with E-state index in [2.05, 4.69) is 20.1 Å². The zero-order chi connectivity index (χ0) is 23.9. The summed E-state index contributed by atoms with van der Waals surface area (Å²) < 4.78 is 40.4. The first-order chi connectivity index (χ1) is 16.2. The third kappa shape index (κ3) is 4.65. The summed E-state index contributed by atoms with van der Waals surface area (Å²) in [5.41, 5.74) is 1.36. The van der Waals surface area contributed by atoms with Gasteiger partial charge in [-0.2, -0.15) is 13.2 Å². The maximum Gasteiger partial charge on any atom is 0.416 e. The summed E-state index contributed by atoms with van der Waals surface area (Å²) in [6.07, 6.45) is 0.552. The molecule has 6 nitrogen and oxygen atoms in total. The van der Waals surface area contributed by atoms with Gasteiger partial charge >= 0.3 is 6.18 Å². The molecule has 1 aliphatic heterocycles. The molecule has 0 unspecified atom stereocenters. The molecule has 2 fully saturated rings. The minimum absolute atomic E-state index is 0.152. The summed E-state index contributed by atoms with van der Waals surface area (Å²) in [5.74, 6) is 2.01. The van der Waals surface area contributed by atoms with E-state index in [9.17, 15) is 18.0 Å². The molecule has 1 aliphatic carbocycles. The van der Waals surface area contributed by atoms with Crippen LogP contribution in [-0.2, 0) is 13.2 Å². The summed E-state index contributed by atoms with van der Waals surface area (Å²) >= 11 is 1.66. The van der Waals surface area contributed by atoms with Gasteiger partial charge in [-0.25, -0.2) is 0 Å². The highest BCUT2D eigenvalue weighted by Crippen LogP contribution is 2.64. The van der Waals surface area contributed by atoms with Crippen LogP contribution >= 0.6 is 11.8 Å². The molecule has 1 N–H and O–H groups in total. The number of nitrogens with zero attached hydrogens (tertiary/aromatic N) is 4. The van der Waals surface area contributed by atoms with Crippen molar-refractivity contribution in [3.05, 3.63) is 64.1 Å². The predicted octanol–water partition coefficient (Wildman–Crippen LogP) is 4.55. The van der Waals surface area contributed by atoms with E-state index in [1.165, 1.54) is 18.2 Å². The molecule has 10 heteroatoms. The summed E-state index contributed by atoms with van der Waals surface area (Å²) in [6.45, 7) is 3.06. The SMILES string of the molecule is Cn1c(SCCCN2CC[C@@]3(C[C@@H]3c3ccc(C(F)(F)F)cc3)C2)nnc1-c1ccc(=O)[nH]c1. The fourth-order valence-electron chi connectivity index (χ4n) is 5.04. The Labute approximate surface area is 199 Å². The first-order valence-corrected chi connectivity index (χ1v) is 12.3. The number of alkyl halides is 3.